The van der Waals surface area contributed by atoms with E-state index in [9.17, 15) is 4.79 Å². The molecule has 0 fully saturated rings. The molecule has 3 aromatic heterocycles. The van der Waals surface area contributed by atoms with E-state index in [1.165, 1.54) is 17.3 Å². The quantitative estimate of drug-likeness (QED) is 0.221. The SMILES string of the molecule is CSc1nc2cc(C)n(Cc3nc(-c4ccc(C(C)(C)C)cc4)no3)c2c(=O)n1-c1ccc(C)cc1. The zero-order chi connectivity index (χ0) is 25.6. The predicted molar refractivity (Wildman–Crippen MR) is 144 cm³/mol. The fourth-order valence-electron chi connectivity index (χ4n) is 4.27. The summed E-state index contributed by atoms with van der Waals surface area (Å²) in [5, 5.41) is 4.84. The average molecular weight is 500 g/mol. The average Bonchev–Trinajstić information content (AvgIpc) is 3.44. The number of hydrogen-bond acceptors (Lipinski definition) is 6. The molecule has 8 heteroatoms. The molecule has 3 heterocycles. The van der Waals surface area contributed by atoms with Crippen LogP contribution in [0.2, 0.25) is 0 Å². The second-order valence-corrected chi connectivity index (χ2v) is 10.8. The molecule has 0 amide bonds. The number of aromatic nitrogens is 5. The minimum atomic E-state index is -0.126. The molecule has 7 nitrogen and oxygen atoms in total. The summed E-state index contributed by atoms with van der Waals surface area (Å²) in [4.78, 5) is 23.2. The Hall–Kier alpha value is -3.65. The van der Waals surface area contributed by atoms with Crippen molar-refractivity contribution in [3.05, 3.63) is 87.7 Å². The highest BCUT2D eigenvalue weighted by molar-refractivity contribution is 7.98. The van der Waals surface area contributed by atoms with Gasteiger partial charge in [-0.3, -0.25) is 9.36 Å². The smallest absolute Gasteiger partial charge is 0.283 e. The molecule has 36 heavy (non-hydrogen) atoms. The molecule has 2 aromatic carbocycles. The van der Waals surface area contributed by atoms with Crippen molar-refractivity contribution in [1.29, 1.82) is 0 Å². The molecular formula is C28H29N5O2S. The van der Waals surface area contributed by atoms with Crippen LogP contribution in [0.3, 0.4) is 0 Å². The van der Waals surface area contributed by atoms with Crippen LogP contribution in [0.1, 0.15) is 43.5 Å². The number of hydrogen-bond donors (Lipinski definition) is 0. The topological polar surface area (TPSA) is 78.7 Å². The Labute approximate surface area is 214 Å². The lowest BCUT2D eigenvalue weighted by Crippen LogP contribution is -2.23. The van der Waals surface area contributed by atoms with Crippen molar-refractivity contribution >= 4 is 22.8 Å². The Morgan fingerprint density at radius 1 is 0.972 bits per heavy atom. The van der Waals surface area contributed by atoms with Crippen molar-refractivity contribution in [3.8, 4) is 17.1 Å². The first-order valence-corrected chi connectivity index (χ1v) is 13.1. The minimum absolute atomic E-state index is 0.0730. The van der Waals surface area contributed by atoms with Gasteiger partial charge in [-0.2, -0.15) is 4.98 Å². The minimum Gasteiger partial charge on any atom is -0.337 e. The van der Waals surface area contributed by atoms with Crippen LogP contribution in [0.15, 0.2) is 69.1 Å². The van der Waals surface area contributed by atoms with Gasteiger partial charge in [-0.15, -0.1) is 0 Å². The van der Waals surface area contributed by atoms with Crippen molar-refractivity contribution < 1.29 is 4.52 Å². The van der Waals surface area contributed by atoms with E-state index in [-0.39, 0.29) is 17.5 Å². The third-order valence-electron chi connectivity index (χ3n) is 6.34. The molecule has 0 N–H and O–H groups in total. The highest BCUT2D eigenvalue weighted by Gasteiger charge is 2.20. The van der Waals surface area contributed by atoms with Crippen LogP contribution in [-0.4, -0.2) is 30.5 Å². The molecule has 0 aliphatic carbocycles. The molecule has 5 aromatic rings. The van der Waals surface area contributed by atoms with Gasteiger partial charge >= 0.3 is 0 Å². The van der Waals surface area contributed by atoms with Gasteiger partial charge in [-0.1, -0.05) is 79.7 Å². The molecule has 5 rings (SSSR count). The molecule has 0 aliphatic heterocycles. The highest BCUT2D eigenvalue weighted by Crippen LogP contribution is 2.26. The van der Waals surface area contributed by atoms with Crippen LogP contribution in [0.5, 0.6) is 0 Å². The van der Waals surface area contributed by atoms with E-state index in [0.29, 0.717) is 27.9 Å². The Morgan fingerprint density at radius 3 is 2.31 bits per heavy atom. The summed E-state index contributed by atoms with van der Waals surface area (Å²) < 4.78 is 9.16. The summed E-state index contributed by atoms with van der Waals surface area (Å²) >= 11 is 1.45. The molecule has 0 bridgehead atoms. The maximum Gasteiger partial charge on any atom is 0.283 e. The first-order chi connectivity index (χ1) is 17.2. The first kappa shape index (κ1) is 24.1. The van der Waals surface area contributed by atoms with Crippen LogP contribution in [-0.2, 0) is 12.0 Å². The molecule has 0 spiro atoms. The van der Waals surface area contributed by atoms with Crippen LogP contribution in [0, 0.1) is 13.8 Å². The van der Waals surface area contributed by atoms with Gasteiger partial charge in [0.15, 0.2) is 5.16 Å². The molecule has 184 valence electrons. The van der Waals surface area contributed by atoms with E-state index < -0.39 is 0 Å². The number of aryl methyl sites for hydroxylation is 2. The van der Waals surface area contributed by atoms with Crippen molar-refractivity contribution in [2.45, 2.75) is 51.7 Å². The van der Waals surface area contributed by atoms with Crippen molar-refractivity contribution in [2.24, 2.45) is 0 Å². The summed E-state index contributed by atoms with van der Waals surface area (Å²) in [6.45, 7) is 10.8. The van der Waals surface area contributed by atoms with Crippen molar-refractivity contribution in [2.75, 3.05) is 6.26 Å². The standard InChI is InChI=1S/C28H29N5O2S/c1-17-7-13-21(14-8-17)33-26(34)24-22(29-27(33)36-6)15-18(2)32(24)16-23-30-25(31-35-23)19-9-11-20(12-10-19)28(3,4)5/h7-15H,16H2,1-6H3. The maximum absolute atomic E-state index is 13.8. The van der Waals surface area contributed by atoms with Gasteiger partial charge in [0.1, 0.15) is 12.1 Å². The number of fused-ring (bicyclic) bond motifs is 1. The largest absolute Gasteiger partial charge is 0.337 e. The first-order valence-electron chi connectivity index (χ1n) is 11.8. The predicted octanol–water partition coefficient (Wildman–Crippen LogP) is 5.92. The third kappa shape index (κ3) is 4.37. The van der Waals surface area contributed by atoms with Gasteiger partial charge in [-0.25, -0.2) is 4.98 Å². The summed E-state index contributed by atoms with van der Waals surface area (Å²) in [6.07, 6.45) is 1.93. The van der Waals surface area contributed by atoms with Gasteiger partial charge in [0.2, 0.25) is 11.7 Å². The second kappa shape index (κ2) is 9.09. The van der Waals surface area contributed by atoms with Crippen LogP contribution in [0.25, 0.3) is 28.1 Å². The lowest BCUT2D eigenvalue weighted by atomic mass is 9.87. The lowest BCUT2D eigenvalue weighted by Gasteiger charge is -2.18. The summed E-state index contributed by atoms with van der Waals surface area (Å²) in [6, 6.07) is 18.0. The Kier molecular flexibility index (Phi) is 6.08. The summed E-state index contributed by atoms with van der Waals surface area (Å²) in [7, 11) is 0. The van der Waals surface area contributed by atoms with Crippen molar-refractivity contribution in [1.82, 2.24) is 24.3 Å². The highest BCUT2D eigenvalue weighted by atomic mass is 32.2. The van der Waals surface area contributed by atoms with E-state index in [2.05, 4.69) is 43.0 Å². The number of nitrogens with zero attached hydrogens (tertiary/aromatic N) is 5. The molecule has 0 aliphatic rings. The summed E-state index contributed by atoms with van der Waals surface area (Å²) in [5.74, 6) is 0.958. The van der Waals surface area contributed by atoms with Gasteiger partial charge in [0, 0.05) is 11.3 Å². The van der Waals surface area contributed by atoms with E-state index >= 15 is 0 Å². The Bertz CT molecular complexity index is 1600. The van der Waals surface area contributed by atoms with Gasteiger partial charge in [0.05, 0.1) is 11.2 Å². The lowest BCUT2D eigenvalue weighted by molar-refractivity contribution is 0.372. The fraction of sp³-hybridized carbons (Fsp3) is 0.286. The second-order valence-electron chi connectivity index (χ2n) is 10.0. The number of thioether (sulfide) groups is 1. The maximum atomic E-state index is 13.8. The van der Waals surface area contributed by atoms with E-state index in [0.717, 1.165) is 22.5 Å². The number of benzene rings is 2. The molecule has 0 unspecified atom stereocenters. The number of rotatable bonds is 5. The van der Waals surface area contributed by atoms with Crippen LogP contribution >= 0.6 is 11.8 Å². The molecular weight excluding hydrogens is 470 g/mol. The third-order valence-corrected chi connectivity index (χ3v) is 6.98. The van der Waals surface area contributed by atoms with E-state index in [1.807, 2.05) is 67.1 Å². The monoisotopic (exact) mass is 499 g/mol. The normalized spacial score (nSPS) is 11.9. The molecule has 0 radical (unpaired) electrons. The molecule has 0 saturated heterocycles. The molecule has 0 atom stereocenters. The van der Waals surface area contributed by atoms with Gasteiger partial charge in [-0.05, 0) is 49.3 Å². The van der Waals surface area contributed by atoms with Crippen molar-refractivity contribution in [3.63, 3.8) is 0 Å². The van der Waals surface area contributed by atoms with E-state index in [1.54, 1.807) is 4.57 Å². The van der Waals surface area contributed by atoms with Gasteiger partial charge < -0.3 is 9.09 Å². The zero-order valence-corrected chi connectivity index (χ0v) is 22.2. The fourth-order valence-corrected chi connectivity index (χ4v) is 4.83. The Morgan fingerprint density at radius 2 is 1.67 bits per heavy atom. The van der Waals surface area contributed by atoms with Crippen LogP contribution < -0.4 is 5.56 Å². The molecule has 0 saturated carbocycles. The van der Waals surface area contributed by atoms with Crippen LogP contribution in [0.4, 0.5) is 0 Å². The zero-order valence-electron chi connectivity index (χ0n) is 21.4. The Balaban J connectivity index is 1.54. The van der Waals surface area contributed by atoms with E-state index in [4.69, 9.17) is 9.51 Å². The summed E-state index contributed by atoms with van der Waals surface area (Å²) in [5.41, 5.74) is 6.06. The van der Waals surface area contributed by atoms with Gasteiger partial charge in [0.25, 0.3) is 5.56 Å².